The molecule has 4 rings (SSSR count). The van der Waals surface area contributed by atoms with Crippen molar-refractivity contribution in [3.05, 3.63) is 89.5 Å². The lowest BCUT2D eigenvalue weighted by Crippen LogP contribution is -2.50. The number of rotatable bonds is 6. The lowest BCUT2D eigenvalue weighted by Gasteiger charge is -2.39. The second kappa shape index (κ2) is 10.1. The molecule has 2 heterocycles. The highest BCUT2D eigenvalue weighted by atomic mass is 19.1. The molecule has 0 aliphatic carbocycles. The third-order valence-corrected chi connectivity index (χ3v) is 6.35. The molecule has 34 heavy (non-hydrogen) atoms. The number of nitrogens with zero attached hydrogens (tertiary/aromatic N) is 3. The first-order valence-corrected chi connectivity index (χ1v) is 11.7. The first-order valence-electron chi connectivity index (χ1n) is 11.7. The lowest BCUT2D eigenvalue weighted by atomic mass is 9.99. The second-order valence-corrected chi connectivity index (χ2v) is 8.87. The van der Waals surface area contributed by atoms with Crippen molar-refractivity contribution < 1.29 is 14.0 Å². The van der Waals surface area contributed by atoms with Crippen LogP contribution in [0.2, 0.25) is 0 Å². The number of amides is 3. The zero-order chi connectivity index (χ0) is 24.2. The molecule has 0 bridgehead atoms. The van der Waals surface area contributed by atoms with E-state index in [4.69, 9.17) is 0 Å². The molecule has 2 aromatic carbocycles. The van der Waals surface area contributed by atoms with Gasteiger partial charge < -0.3 is 19.7 Å². The van der Waals surface area contributed by atoms with Crippen molar-refractivity contribution in [1.29, 1.82) is 0 Å². The smallest absolute Gasteiger partial charge is 0.322 e. The van der Waals surface area contributed by atoms with Crippen LogP contribution in [-0.4, -0.2) is 45.4 Å². The molecule has 3 aromatic rings. The van der Waals surface area contributed by atoms with Crippen LogP contribution in [0.5, 0.6) is 0 Å². The zero-order valence-electron chi connectivity index (χ0n) is 19.9. The minimum Gasteiger partial charge on any atom is -0.348 e. The van der Waals surface area contributed by atoms with Gasteiger partial charge in [0.2, 0.25) is 5.91 Å². The molecule has 1 aliphatic heterocycles. The number of urea groups is 1. The van der Waals surface area contributed by atoms with Gasteiger partial charge in [-0.2, -0.15) is 0 Å². The largest absolute Gasteiger partial charge is 0.348 e. The molecule has 0 saturated heterocycles. The van der Waals surface area contributed by atoms with Gasteiger partial charge in [0, 0.05) is 36.7 Å². The summed E-state index contributed by atoms with van der Waals surface area (Å²) in [6, 6.07) is 17.1. The molecule has 0 spiro atoms. The van der Waals surface area contributed by atoms with Crippen molar-refractivity contribution in [2.45, 2.75) is 45.8 Å². The Morgan fingerprint density at radius 3 is 2.41 bits per heavy atom. The zero-order valence-corrected chi connectivity index (χ0v) is 19.9. The van der Waals surface area contributed by atoms with Gasteiger partial charge in [-0.3, -0.25) is 4.79 Å². The standard InChI is InChI=1S/C27H31FN4O2/c1-4-20-7-13-23(14-8-20)29-27(34)32(19(2)3)18-25(33)31-17-16-30-15-5-6-24(30)26(31)21-9-11-22(28)12-10-21/h5-15,19,26H,4,16-18H2,1-3H3,(H,29,34). The van der Waals surface area contributed by atoms with Crippen molar-refractivity contribution in [3.63, 3.8) is 0 Å². The summed E-state index contributed by atoms with van der Waals surface area (Å²) in [5, 5.41) is 2.91. The van der Waals surface area contributed by atoms with Crippen LogP contribution >= 0.6 is 0 Å². The molecule has 0 fully saturated rings. The van der Waals surface area contributed by atoms with Crippen molar-refractivity contribution in [2.24, 2.45) is 0 Å². The van der Waals surface area contributed by atoms with Gasteiger partial charge in [-0.1, -0.05) is 31.2 Å². The maximum atomic E-state index is 13.6. The summed E-state index contributed by atoms with van der Waals surface area (Å²) in [5.74, 6) is -0.464. The Hall–Kier alpha value is -3.61. The van der Waals surface area contributed by atoms with Gasteiger partial charge in [0.15, 0.2) is 0 Å². The number of hydrogen-bond acceptors (Lipinski definition) is 2. The minimum absolute atomic E-state index is 0.0467. The van der Waals surface area contributed by atoms with Crippen LogP contribution < -0.4 is 5.32 Å². The minimum atomic E-state index is -0.337. The Morgan fingerprint density at radius 2 is 1.76 bits per heavy atom. The normalized spacial score (nSPS) is 15.2. The molecule has 1 unspecified atom stereocenters. The van der Waals surface area contributed by atoms with E-state index < -0.39 is 0 Å². The molecule has 1 N–H and O–H groups in total. The highest BCUT2D eigenvalue weighted by molar-refractivity contribution is 5.92. The van der Waals surface area contributed by atoms with Crippen LogP contribution in [0.1, 0.15) is 43.6 Å². The van der Waals surface area contributed by atoms with E-state index in [2.05, 4.69) is 16.8 Å². The summed E-state index contributed by atoms with van der Waals surface area (Å²) in [6.07, 6.45) is 2.92. The Labute approximate surface area is 200 Å². The number of anilines is 1. The predicted molar refractivity (Wildman–Crippen MR) is 131 cm³/mol. The molecule has 1 atom stereocenters. The molecule has 1 aromatic heterocycles. The SMILES string of the molecule is CCc1ccc(NC(=O)N(CC(=O)N2CCn3cccc3C2c2ccc(F)cc2)C(C)C)cc1. The number of carbonyl (C=O) groups is 2. The Kier molecular flexibility index (Phi) is 7.01. The summed E-state index contributed by atoms with van der Waals surface area (Å²) < 4.78 is 15.7. The molecule has 1 aliphatic rings. The molecule has 0 saturated carbocycles. The Bertz CT molecular complexity index is 1140. The summed E-state index contributed by atoms with van der Waals surface area (Å²) in [5.41, 5.74) is 3.70. The fraction of sp³-hybridized carbons (Fsp3) is 0.333. The first-order chi connectivity index (χ1) is 16.4. The van der Waals surface area contributed by atoms with E-state index in [1.807, 2.05) is 56.4 Å². The first kappa shape index (κ1) is 23.5. The van der Waals surface area contributed by atoms with E-state index in [0.29, 0.717) is 18.8 Å². The fourth-order valence-corrected chi connectivity index (χ4v) is 4.39. The average Bonchev–Trinajstić information content (AvgIpc) is 3.31. The number of carbonyl (C=O) groups excluding carboxylic acids is 2. The Morgan fingerprint density at radius 1 is 1.06 bits per heavy atom. The quantitative estimate of drug-likeness (QED) is 0.557. The van der Waals surface area contributed by atoms with Crippen LogP contribution in [0.3, 0.4) is 0 Å². The van der Waals surface area contributed by atoms with Gasteiger partial charge in [-0.25, -0.2) is 9.18 Å². The average molecular weight is 463 g/mol. The number of nitrogens with one attached hydrogen (secondary N) is 1. The molecule has 6 nitrogen and oxygen atoms in total. The third-order valence-electron chi connectivity index (χ3n) is 6.35. The van der Waals surface area contributed by atoms with Gasteiger partial charge in [-0.05, 0) is 67.8 Å². The van der Waals surface area contributed by atoms with Crippen LogP contribution in [0.15, 0.2) is 66.9 Å². The molecule has 178 valence electrons. The van der Waals surface area contributed by atoms with Gasteiger partial charge in [-0.15, -0.1) is 0 Å². The van der Waals surface area contributed by atoms with Crippen molar-refractivity contribution in [3.8, 4) is 0 Å². The van der Waals surface area contributed by atoms with E-state index in [0.717, 1.165) is 17.7 Å². The van der Waals surface area contributed by atoms with E-state index in [1.165, 1.54) is 17.7 Å². The van der Waals surface area contributed by atoms with E-state index in [1.54, 1.807) is 21.9 Å². The predicted octanol–water partition coefficient (Wildman–Crippen LogP) is 5.06. The molecule has 3 amide bonds. The number of halogens is 1. The highest BCUT2D eigenvalue weighted by Crippen LogP contribution is 2.32. The highest BCUT2D eigenvalue weighted by Gasteiger charge is 2.34. The third kappa shape index (κ3) is 4.98. The van der Waals surface area contributed by atoms with Crippen molar-refractivity contribution >= 4 is 17.6 Å². The van der Waals surface area contributed by atoms with Crippen molar-refractivity contribution in [1.82, 2.24) is 14.4 Å². The van der Waals surface area contributed by atoms with Gasteiger partial charge >= 0.3 is 6.03 Å². The topological polar surface area (TPSA) is 57.6 Å². The van der Waals surface area contributed by atoms with Crippen LogP contribution in [0.4, 0.5) is 14.9 Å². The van der Waals surface area contributed by atoms with Crippen molar-refractivity contribution in [2.75, 3.05) is 18.4 Å². The monoisotopic (exact) mass is 462 g/mol. The second-order valence-electron chi connectivity index (χ2n) is 8.87. The maximum absolute atomic E-state index is 13.6. The maximum Gasteiger partial charge on any atom is 0.322 e. The summed E-state index contributed by atoms with van der Waals surface area (Å²) in [6.45, 7) is 7.00. The lowest BCUT2D eigenvalue weighted by molar-refractivity contribution is -0.134. The summed E-state index contributed by atoms with van der Waals surface area (Å²) in [4.78, 5) is 30.0. The van der Waals surface area contributed by atoms with Gasteiger partial charge in [0.1, 0.15) is 12.4 Å². The van der Waals surface area contributed by atoms with Gasteiger partial charge in [0.05, 0.1) is 6.04 Å². The van der Waals surface area contributed by atoms with E-state index in [9.17, 15) is 14.0 Å². The summed E-state index contributed by atoms with van der Waals surface area (Å²) >= 11 is 0. The summed E-state index contributed by atoms with van der Waals surface area (Å²) in [7, 11) is 0. The van der Waals surface area contributed by atoms with Crippen LogP contribution in [-0.2, 0) is 17.8 Å². The number of hydrogen-bond donors (Lipinski definition) is 1. The molecule has 0 radical (unpaired) electrons. The van der Waals surface area contributed by atoms with Gasteiger partial charge in [0.25, 0.3) is 0 Å². The van der Waals surface area contributed by atoms with E-state index in [-0.39, 0.29) is 36.4 Å². The van der Waals surface area contributed by atoms with E-state index >= 15 is 0 Å². The number of benzene rings is 2. The molecule has 7 heteroatoms. The molecular formula is C27H31FN4O2. The number of aromatic nitrogens is 1. The molecular weight excluding hydrogens is 431 g/mol. The number of aryl methyl sites for hydroxylation is 1. The van der Waals surface area contributed by atoms with Crippen LogP contribution in [0.25, 0.3) is 0 Å². The fourth-order valence-electron chi connectivity index (χ4n) is 4.39. The Balaban J connectivity index is 1.54. The number of fused-ring (bicyclic) bond motifs is 1. The van der Waals surface area contributed by atoms with Crippen LogP contribution in [0, 0.1) is 5.82 Å².